The van der Waals surface area contributed by atoms with Gasteiger partial charge < -0.3 is 22.6 Å². The molecule has 6 nitrogen and oxygen atoms in total. The third-order valence-corrected chi connectivity index (χ3v) is 4.97. The van der Waals surface area contributed by atoms with Crippen molar-refractivity contribution in [2.75, 3.05) is 32.5 Å². The minimum Gasteiger partial charge on any atom is -1.00 e. The Bertz CT molecular complexity index is 988. The average Bonchev–Trinajstić information content (AvgIpc) is 2.54. The van der Waals surface area contributed by atoms with Crippen molar-refractivity contribution >= 4 is 42.9 Å². The molecule has 0 radical (unpaired) electrons. The summed E-state index contributed by atoms with van der Waals surface area (Å²) in [6.07, 6.45) is 0. The van der Waals surface area contributed by atoms with Crippen LogP contribution >= 0.6 is 11.3 Å². The van der Waals surface area contributed by atoms with Gasteiger partial charge >= 0.3 is 0 Å². The number of likely N-dealkylation sites (N-methyl/N-ethyl adjacent to an activating group) is 1. The van der Waals surface area contributed by atoms with E-state index in [1.165, 1.54) is 17.4 Å². The minimum absolute atomic E-state index is 0. The molecular weight excluding hydrogens is 362 g/mol. The van der Waals surface area contributed by atoms with Crippen LogP contribution in [0.25, 0.3) is 20.2 Å². The molecule has 0 atom stereocenters. The molecule has 0 amide bonds. The number of fused-ring (bicyclic) bond motifs is 2. The molecule has 0 aliphatic carbocycles. The lowest BCUT2D eigenvalue weighted by atomic mass is 10.1. The van der Waals surface area contributed by atoms with Gasteiger partial charge in [0, 0.05) is 34.9 Å². The van der Waals surface area contributed by atoms with Crippen LogP contribution in [0.15, 0.2) is 41.2 Å². The van der Waals surface area contributed by atoms with E-state index in [0.29, 0.717) is 27.7 Å². The number of anilines is 1. The number of non-ortho nitro benzene ring substituents is 1. The van der Waals surface area contributed by atoms with Crippen LogP contribution in [-0.2, 0) is 0 Å². The molecule has 0 saturated carbocycles. The highest BCUT2D eigenvalue weighted by atomic mass is 35.5. The first-order valence-electron chi connectivity index (χ1n) is 7.50. The maximum atomic E-state index is 12.9. The van der Waals surface area contributed by atoms with Gasteiger partial charge in [-0.3, -0.25) is 14.9 Å². The predicted octanol–water partition coefficient (Wildman–Crippen LogP) is 0.300. The molecule has 0 spiro atoms. The van der Waals surface area contributed by atoms with Crippen LogP contribution in [0.5, 0.6) is 0 Å². The highest BCUT2D eigenvalue weighted by Gasteiger charge is 2.19. The van der Waals surface area contributed by atoms with Crippen molar-refractivity contribution in [3.05, 3.63) is 56.7 Å². The van der Waals surface area contributed by atoms with Crippen LogP contribution in [0.2, 0.25) is 0 Å². The summed E-state index contributed by atoms with van der Waals surface area (Å²) in [5.74, 6) is 0. The van der Waals surface area contributed by atoms with Crippen LogP contribution in [0.4, 0.5) is 11.4 Å². The Hall–Kier alpha value is -2.22. The van der Waals surface area contributed by atoms with E-state index in [2.05, 4.69) is 5.32 Å². The molecule has 3 aromatic rings. The molecule has 0 unspecified atom stereocenters. The van der Waals surface area contributed by atoms with Crippen molar-refractivity contribution in [3.8, 4) is 0 Å². The van der Waals surface area contributed by atoms with E-state index in [0.717, 1.165) is 11.2 Å². The second-order valence-electron chi connectivity index (χ2n) is 5.75. The summed E-state index contributed by atoms with van der Waals surface area (Å²) < 4.78 is 1.17. The van der Waals surface area contributed by atoms with E-state index in [9.17, 15) is 14.9 Å². The summed E-state index contributed by atoms with van der Waals surface area (Å²) in [5.41, 5.74) is 0.441. The van der Waals surface area contributed by atoms with Crippen LogP contribution < -0.4 is 23.2 Å². The number of nitro benzene ring substituents is 1. The van der Waals surface area contributed by atoms with Crippen molar-refractivity contribution in [3.63, 3.8) is 0 Å². The van der Waals surface area contributed by atoms with Gasteiger partial charge in [0.15, 0.2) is 5.43 Å². The zero-order chi connectivity index (χ0) is 17.3. The third kappa shape index (κ3) is 3.73. The topological polar surface area (TPSA) is 75.5 Å². The fourth-order valence-electron chi connectivity index (χ4n) is 2.59. The molecule has 0 fully saturated rings. The van der Waals surface area contributed by atoms with Gasteiger partial charge in [-0.25, -0.2) is 0 Å². The summed E-state index contributed by atoms with van der Waals surface area (Å²) >= 11 is 1.28. The largest absolute Gasteiger partial charge is 1.00 e. The molecule has 8 heteroatoms. The monoisotopic (exact) mass is 378 g/mol. The van der Waals surface area contributed by atoms with E-state index in [1.807, 2.05) is 31.1 Å². The van der Waals surface area contributed by atoms with E-state index in [-0.39, 0.29) is 23.5 Å². The summed E-state index contributed by atoms with van der Waals surface area (Å²) in [4.78, 5) is 25.9. The standard InChI is InChI=1S/C17H17N3O3S.ClH/c1-19(2)10-9-18-12-7-8-13(20(22)23)17-15(12)16(21)11-5-3-4-6-14(11)24-17;/h3-8,18H,9-10H2,1-2H3;1H/p-1. The van der Waals surface area contributed by atoms with Crippen molar-refractivity contribution < 1.29 is 17.3 Å². The van der Waals surface area contributed by atoms with Gasteiger partial charge in [-0.2, -0.15) is 0 Å². The molecule has 25 heavy (non-hydrogen) atoms. The predicted molar refractivity (Wildman–Crippen MR) is 99.3 cm³/mol. The molecule has 132 valence electrons. The minimum atomic E-state index is -0.434. The number of hydrogen-bond acceptors (Lipinski definition) is 6. The van der Waals surface area contributed by atoms with Gasteiger partial charge in [0.2, 0.25) is 0 Å². The molecule has 0 aliphatic heterocycles. The first-order chi connectivity index (χ1) is 11.5. The first-order valence-corrected chi connectivity index (χ1v) is 8.32. The maximum Gasteiger partial charge on any atom is 0.287 e. The van der Waals surface area contributed by atoms with Crippen molar-refractivity contribution in [2.45, 2.75) is 0 Å². The summed E-state index contributed by atoms with van der Waals surface area (Å²) in [6, 6.07) is 10.3. The number of nitrogens with one attached hydrogen (secondary N) is 1. The van der Waals surface area contributed by atoms with Gasteiger partial charge in [-0.05, 0) is 32.3 Å². The highest BCUT2D eigenvalue weighted by Crippen LogP contribution is 2.35. The van der Waals surface area contributed by atoms with Gasteiger partial charge in [-0.1, -0.05) is 12.1 Å². The fraction of sp³-hybridized carbons (Fsp3) is 0.235. The Morgan fingerprint density at radius 2 is 1.92 bits per heavy atom. The van der Waals surface area contributed by atoms with Gasteiger partial charge in [0.05, 0.1) is 10.3 Å². The van der Waals surface area contributed by atoms with E-state index in [4.69, 9.17) is 0 Å². The number of nitro groups is 1. The second kappa shape index (κ2) is 7.77. The number of benzene rings is 2. The highest BCUT2D eigenvalue weighted by molar-refractivity contribution is 7.25. The molecule has 0 bridgehead atoms. The van der Waals surface area contributed by atoms with Crippen LogP contribution in [0.3, 0.4) is 0 Å². The number of halogens is 1. The molecule has 1 heterocycles. The zero-order valence-electron chi connectivity index (χ0n) is 13.8. The quantitative estimate of drug-likeness (QED) is 0.392. The first kappa shape index (κ1) is 19.1. The van der Waals surface area contributed by atoms with Crippen LogP contribution in [0.1, 0.15) is 0 Å². The normalized spacial score (nSPS) is 10.8. The molecule has 1 N–H and O–H groups in total. The molecule has 2 aromatic carbocycles. The lowest BCUT2D eigenvalue weighted by Gasteiger charge is -2.13. The molecule has 0 aliphatic rings. The van der Waals surface area contributed by atoms with Gasteiger partial charge in [-0.15, -0.1) is 11.3 Å². The van der Waals surface area contributed by atoms with Crippen molar-refractivity contribution in [1.82, 2.24) is 4.90 Å². The van der Waals surface area contributed by atoms with E-state index >= 15 is 0 Å². The number of hydrogen-bond donors (Lipinski definition) is 1. The number of nitrogens with zero attached hydrogens (tertiary/aromatic N) is 2. The Kier molecular flexibility index (Phi) is 5.94. The lowest BCUT2D eigenvalue weighted by molar-refractivity contribution is -0.382. The van der Waals surface area contributed by atoms with Crippen LogP contribution in [-0.4, -0.2) is 37.0 Å². The summed E-state index contributed by atoms with van der Waals surface area (Å²) in [6.45, 7) is 1.44. The molecule has 3 rings (SSSR count). The van der Waals surface area contributed by atoms with Crippen molar-refractivity contribution in [2.24, 2.45) is 0 Å². The Balaban J connectivity index is 0.00000225. The fourth-order valence-corrected chi connectivity index (χ4v) is 3.78. The smallest absolute Gasteiger partial charge is 0.287 e. The Morgan fingerprint density at radius 3 is 2.60 bits per heavy atom. The van der Waals surface area contributed by atoms with Gasteiger partial charge in [0.1, 0.15) is 4.70 Å². The summed E-state index contributed by atoms with van der Waals surface area (Å²) in [7, 11) is 3.93. The molecule has 0 saturated heterocycles. The van der Waals surface area contributed by atoms with Gasteiger partial charge in [0.25, 0.3) is 5.69 Å². The SMILES string of the molecule is CN(C)CCNc1ccc([N+](=O)[O-])c2sc3ccccc3c(=O)c12.[Cl-]. The van der Waals surface area contributed by atoms with E-state index in [1.54, 1.807) is 18.2 Å². The lowest BCUT2D eigenvalue weighted by Crippen LogP contribution is -3.00. The summed E-state index contributed by atoms with van der Waals surface area (Å²) in [5, 5.41) is 15.6. The van der Waals surface area contributed by atoms with Crippen LogP contribution in [0, 0.1) is 10.1 Å². The van der Waals surface area contributed by atoms with Crippen molar-refractivity contribution in [1.29, 1.82) is 0 Å². The Morgan fingerprint density at radius 1 is 1.20 bits per heavy atom. The average molecular weight is 379 g/mol. The maximum absolute atomic E-state index is 12.9. The van der Waals surface area contributed by atoms with E-state index < -0.39 is 4.92 Å². The Labute approximate surface area is 154 Å². The molecular formula is C17H17ClN3O3S-. The molecule has 1 aromatic heterocycles. The second-order valence-corrected chi connectivity index (χ2v) is 6.80. The zero-order valence-corrected chi connectivity index (χ0v) is 15.4. The third-order valence-electron chi connectivity index (χ3n) is 3.78. The number of rotatable bonds is 5.